The van der Waals surface area contributed by atoms with Crippen molar-refractivity contribution < 1.29 is 19.2 Å². The second-order valence-corrected chi connectivity index (χ2v) is 6.04. The van der Waals surface area contributed by atoms with Gasteiger partial charge in [0.15, 0.2) is 6.61 Å². The first kappa shape index (κ1) is 17.7. The monoisotopic (exact) mass is 335 g/mol. The van der Waals surface area contributed by atoms with E-state index in [9.17, 15) is 19.7 Å². The van der Waals surface area contributed by atoms with Gasteiger partial charge in [0.25, 0.3) is 11.6 Å². The van der Waals surface area contributed by atoms with E-state index in [1.54, 1.807) is 0 Å². The Bertz CT molecular complexity index is 647. The molecule has 0 unspecified atom stereocenters. The van der Waals surface area contributed by atoms with Crippen molar-refractivity contribution in [1.29, 1.82) is 0 Å². The molecule has 1 fully saturated rings. The summed E-state index contributed by atoms with van der Waals surface area (Å²) in [7, 11) is 0. The van der Waals surface area contributed by atoms with Crippen LogP contribution in [-0.4, -0.2) is 29.4 Å². The molecule has 8 heteroatoms. The molecule has 0 bridgehead atoms. The first-order chi connectivity index (χ1) is 11.4. The summed E-state index contributed by atoms with van der Waals surface area (Å²) >= 11 is 0. The number of amides is 1. The average molecular weight is 335 g/mol. The highest BCUT2D eigenvalue weighted by Gasteiger charge is 2.23. The lowest BCUT2D eigenvalue weighted by Crippen LogP contribution is -2.42. The van der Waals surface area contributed by atoms with Gasteiger partial charge in [-0.25, -0.2) is 4.79 Å². The van der Waals surface area contributed by atoms with Gasteiger partial charge in [0.1, 0.15) is 0 Å². The minimum absolute atomic E-state index is 0.0620. The zero-order valence-electron chi connectivity index (χ0n) is 13.5. The second kappa shape index (κ2) is 7.76. The number of ether oxygens (including phenoxy) is 1. The lowest BCUT2D eigenvalue weighted by Gasteiger charge is -2.29. The van der Waals surface area contributed by atoms with Crippen LogP contribution in [0.25, 0.3) is 0 Å². The molecule has 1 aromatic carbocycles. The molecule has 1 aliphatic rings. The third-order valence-electron chi connectivity index (χ3n) is 4.26. The van der Waals surface area contributed by atoms with Gasteiger partial charge in [0.2, 0.25) is 0 Å². The van der Waals surface area contributed by atoms with Crippen LogP contribution in [0, 0.1) is 16.0 Å². The van der Waals surface area contributed by atoms with Crippen molar-refractivity contribution in [3.63, 3.8) is 0 Å². The molecule has 2 rings (SSSR count). The number of nitro groups is 1. The number of benzene rings is 1. The minimum Gasteiger partial charge on any atom is -0.452 e. The fourth-order valence-corrected chi connectivity index (χ4v) is 2.82. The maximum absolute atomic E-state index is 12.0. The minimum atomic E-state index is -0.858. The number of carbonyl (C=O) groups is 2. The summed E-state index contributed by atoms with van der Waals surface area (Å²) in [6, 6.07) is 3.59. The average Bonchev–Trinajstić information content (AvgIpc) is 2.55. The van der Waals surface area contributed by atoms with Crippen molar-refractivity contribution in [2.75, 3.05) is 12.3 Å². The standard InChI is InChI=1S/C16H21N3O5/c1-10-4-2-3-5-14(10)18-15(20)9-24-16(21)12-8-11(19(22)23)6-7-13(12)17/h6-8,10,14H,2-5,9,17H2,1H3,(H,18,20)/t10-,14+/m1/s1. The van der Waals surface area contributed by atoms with E-state index >= 15 is 0 Å². The molecule has 1 amide bonds. The van der Waals surface area contributed by atoms with Crippen molar-refractivity contribution in [1.82, 2.24) is 5.32 Å². The van der Waals surface area contributed by atoms with Crippen molar-refractivity contribution in [2.45, 2.75) is 38.6 Å². The molecule has 24 heavy (non-hydrogen) atoms. The second-order valence-electron chi connectivity index (χ2n) is 6.04. The molecule has 0 aromatic heterocycles. The fourth-order valence-electron chi connectivity index (χ4n) is 2.82. The van der Waals surface area contributed by atoms with Gasteiger partial charge in [0, 0.05) is 23.9 Å². The highest BCUT2D eigenvalue weighted by Crippen LogP contribution is 2.24. The van der Waals surface area contributed by atoms with Gasteiger partial charge in [-0.3, -0.25) is 14.9 Å². The number of esters is 1. The molecule has 0 spiro atoms. The van der Waals surface area contributed by atoms with Crippen LogP contribution in [0.3, 0.4) is 0 Å². The maximum atomic E-state index is 12.0. The molecule has 0 aliphatic heterocycles. The van der Waals surface area contributed by atoms with E-state index in [1.807, 2.05) is 0 Å². The third kappa shape index (κ3) is 4.43. The Morgan fingerprint density at radius 1 is 1.38 bits per heavy atom. The lowest BCUT2D eigenvalue weighted by molar-refractivity contribution is -0.384. The Labute approximate surface area is 139 Å². The number of anilines is 1. The van der Waals surface area contributed by atoms with Crippen molar-refractivity contribution in [3.05, 3.63) is 33.9 Å². The van der Waals surface area contributed by atoms with Gasteiger partial charge < -0.3 is 15.8 Å². The number of nitrogens with two attached hydrogens (primary N) is 1. The first-order valence-electron chi connectivity index (χ1n) is 7.89. The Balaban J connectivity index is 1.91. The van der Waals surface area contributed by atoms with E-state index in [1.165, 1.54) is 12.1 Å². The summed E-state index contributed by atoms with van der Waals surface area (Å²) in [4.78, 5) is 34.0. The Hall–Kier alpha value is -2.64. The number of hydrogen-bond donors (Lipinski definition) is 2. The van der Waals surface area contributed by atoms with Crippen molar-refractivity contribution >= 4 is 23.3 Å². The molecule has 0 radical (unpaired) electrons. The van der Waals surface area contributed by atoms with Crippen LogP contribution < -0.4 is 11.1 Å². The molecular formula is C16H21N3O5. The van der Waals surface area contributed by atoms with Gasteiger partial charge in [-0.2, -0.15) is 0 Å². The molecule has 0 saturated heterocycles. The lowest BCUT2D eigenvalue weighted by atomic mass is 9.86. The van der Waals surface area contributed by atoms with Gasteiger partial charge >= 0.3 is 5.97 Å². The van der Waals surface area contributed by atoms with Crippen LogP contribution in [0.1, 0.15) is 43.0 Å². The van der Waals surface area contributed by atoms with Gasteiger partial charge in [-0.15, -0.1) is 0 Å². The van der Waals surface area contributed by atoms with Gasteiger partial charge in [-0.1, -0.05) is 19.8 Å². The quantitative estimate of drug-likeness (QED) is 0.367. The smallest absolute Gasteiger partial charge is 0.341 e. The largest absolute Gasteiger partial charge is 0.452 e. The summed E-state index contributed by atoms with van der Waals surface area (Å²) in [5.74, 6) is -0.847. The number of hydrogen-bond acceptors (Lipinski definition) is 6. The summed E-state index contributed by atoms with van der Waals surface area (Å²) in [5, 5.41) is 13.6. The van der Waals surface area contributed by atoms with E-state index in [4.69, 9.17) is 10.5 Å². The topological polar surface area (TPSA) is 125 Å². The van der Waals surface area contributed by atoms with Crippen LogP contribution in [0.15, 0.2) is 18.2 Å². The number of rotatable bonds is 5. The van der Waals surface area contributed by atoms with E-state index in [-0.39, 0.29) is 28.9 Å². The maximum Gasteiger partial charge on any atom is 0.341 e. The summed E-state index contributed by atoms with van der Waals surface area (Å²) in [6.45, 7) is 1.64. The van der Waals surface area contributed by atoms with Crippen LogP contribution in [0.4, 0.5) is 11.4 Å². The molecule has 1 aliphatic carbocycles. The fraction of sp³-hybridized carbons (Fsp3) is 0.500. The molecule has 2 atom stereocenters. The normalized spacial score (nSPS) is 20.2. The van der Waals surface area contributed by atoms with Crippen molar-refractivity contribution in [2.24, 2.45) is 5.92 Å². The predicted molar refractivity (Wildman–Crippen MR) is 87.4 cm³/mol. The van der Waals surface area contributed by atoms with Crippen molar-refractivity contribution in [3.8, 4) is 0 Å². The third-order valence-corrected chi connectivity index (χ3v) is 4.26. The van der Waals surface area contributed by atoms with Gasteiger partial charge in [-0.05, 0) is 24.8 Å². The van der Waals surface area contributed by atoms with Crippen LogP contribution >= 0.6 is 0 Å². The SMILES string of the molecule is C[C@@H]1CCCC[C@@H]1NC(=O)COC(=O)c1cc([N+](=O)[O-])ccc1N. The van der Waals surface area contributed by atoms with E-state index in [2.05, 4.69) is 12.2 Å². The number of nitrogens with one attached hydrogen (secondary N) is 1. The molecule has 130 valence electrons. The molecular weight excluding hydrogens is 314 g/mol. The first-order valence-corrected chi connectivity index (χ1v) is 7.89. The van der Waals surface area contributed by atoms with Crippen LogP contribution in [-0.2, 0) is 9.53 Å². The zero-order chi connectivity index (χ0) is 17.7. The molecule has 3 N–H and O–H groups in total. The zero-order valence-corrected chi connectivity index (χ0v) is 13.5. The number of nitrogens with zero attached hydrogens (tertiary/aromatic N) is 1. The van der Waals surface area contributed by atoms with E-state index < -0.39 is 17.5 Å². The highest BCUT2D eigenvalue weighted by molar-refractivity contribution is 5.97. The molecule has 0 heterocycles. The number of non-ortho nitro benzene ring substituents is 1. The summed E-state index contributed by atoms with van der Waals surface area (Å²) in [6.07, 6.45) is 4.21. The Kier molecular flexibility index (Phi) is 5.73. The Morgan fingerprint density at radius 3 is 2.75 bits per heavy atom. The van der Waals surface area contributed by atoms with E-state index in [0.717, 1.165) is 31.7 Å². The molecule has 1 saturated carbocycles. The van der Waals surface area contributed by atoms with E-state index in [0.29, 0.717) is 5.92 Å². The predicted octanol–water partition coefficient (Wildman–Crippen LogP) is 2.03. The van der Waals surface area contributed by atoms with Crippen LogP contribution in [0.5, 0.6) is 0 Å². The summed E-state index contributed by atoms with van der Waals surface area (Å²) in [5.41, 5.74) is 5.31. The Morgan fingerprint density at radius 2 is 2.08 bits per heavy atom. The number of nitro benzene ring substituents is 1. The number of nitrogen functional groups attached to an aromatic ring is 1. The van der Waals surface area contributed by atoms with Gasteiger partial charge in [0.05, 0.1) is 10.5 Å². The van der Waals surface area contributed by atoms with Crippen LogP contribution in [0.2, 0.25) is 0 Å². The highest BCUT2D eigenvalue weighted by atomic mass is 16.6. The number of carbonyl (C=O) groups excluding carboxylic acids is 2. The summed E-state index contributed by atoms with van der Waals surface area (Å²) < 4.78 is 4.93. The molecule has 1 aromatic rings. The molecule has 8 nitrogen and oxygen atoms in total.